The van der Waals surface area contributed by atoms with Gasteiger partial charge >= 0.3 is 0 Å². The third-order valence-electron chi connectivity index (χ3n) is 2.02. The fourth-order valence-electron chi connectivity index (χ4n) is 1.35. The summed E-state index contributed by atoms with van der Waals surface area (Å²) in [5.74, 6) is 0.295. The first-order valence-electron chi connectivity index (χ1n) is 4.06. The first-order valence-corrected chi connectivity index (χ1v) is 4.06. The molecule has 0 fully saturated rings. The number of carbonyl (C=O) groups excluding carboxylic acids is 1. The molecular weight excluding hydrogens is 184 g/mol. The third kappa shape index (κ3) is 1.25. The number of benzene rings is 1. The number of aliphatic hydroxyl groups is 1. The highest BCUT2D eigenvalue weighted by Crippen LogP contribution is 2.32. The van der Waals surface area contributed by atoms with Crippen LogP contribution in [-0.2, 0) is 0 Å². The molecule has 4 nitrogen and oxygen atoms in total. The number of phenolic OH excluding ortho intramolecular Hbond substituents is 1. The minimum Gasteiger partial charge on any atom is -0.507 e. The average Bonchev–Trinajstić information content (AvgIpc) is 2.18. The maximum absolute atomic E-state index is 10.7. The number of carbonyl (C=O) groups is 1. The van der Waals surface area contributed by atoms with Crippen LogP contribution in [0.2, 0.25) is 0 Å². The summed E-state index contributed by atoms with van der Waals surface area (Å²) in [7, 11) is 0. The van der Waals surface area contributed by atoms with Gasteiger partial charge in [-0.2, -0.15) is 0 Å². The second-order valence-electron chi connectivity index (χ2n) is 2.90. The summed E-state index contributed by atoms with van der Waals surface area (Å²) in [6.45, 7) is 0. The zero-order valence-corrected chi connectivity index (χ0v) is 7.18. The number of phenols is 1. The van der Waals surface area contributed by atoms with Crippen LogP contribution >= 0.6 is 0 Å². The van der Waals surface area contributed by atoms with E-state index >= 15 is 0 Å². The van der Waals surface area contributed by atoms with E-state index in [0.717, 1.165) is 0 Å². The van der Waals surface area contributed by atoms with Crippen LogP contribution in [0.5, 0.6) is 11.5 Å². The van der Waals surface area contributed by atoms with Gasteiger partial charge in [0.25, 0.3) is 0 Å². The Morgan fingerprint density at radius 2 is 2.21 bits per heavy atom. The number of fused-ring (bicyclic) bond motifs is 1. The van der Waals surface area contributed by atoms with Crippen molar-refractivity contribution in [2.45, 2.75) is 6.29 Å². The number of rotatable bonds is 1. The van der Waals surface area contributed by atoms with Crippen LogP contribution in [0, 0.1) is 0 Å². The van der Waals surface area contributed by atoms with Crippen LogP contribution in [0.1, 0.15) is 15.9 Å². The molecule has 0 aromatic heterocycles. The molecule has 1 aromatic carbocycles. The molecular formula is C10H8O4. The largest absolute Gasteiger partial charge is 0.507 e. The maximum atomic E-state index is 10.7. The van der Waals surface area contributed by atoms with E-state index in [2.05, 4.69) is 0 Å². The lowest BCUT2D eigenvalue weighted by molar-refractivity contribution is 0.0229. The normalized spacial score (nSPS) is 18.5. The minimum atomic E-state index is -0.994. The van der Waals surface area contributed by atoms with Crippen molar-refractivity contribution in [2.24, 2.45) is 0 Å². The fourth-order valence-corrected chi connectivity index (χ4v) is 1.35. The van der Waals surface area contributed by atoms with E-state index in [0.29, 0.717) is 17.6 Å². The van der Waals surface area contributed by atoms with Crippen molar-refractivity contribution in [3.63, 3.8) is 0 Å². The van der Waals surface area contributed by atoms with Gasteiger partial charge in [-0.15, -0.1) is 0 Å². The van der Waals surface area contributed by atoms with Gasteiger partial charge in [0.05, 0.1) is 5.56 Å². The van der Waals surface area contributed by atoms with E-state index in [9.17, 15) is 9.90 Å². The number of hydrogen-bond donors (Lipinski definition) is 2. The van der Waals surface area contributed by atoms with Gasteiger partial charge < -0.3 is 14.9 Å². The fraction of sp³-hybridized carbons (Fsp3) is 0.100. The summed E-state index contributed by atoms with van der Waals surface area (Å²) in [5.41, 5.74) is 0.663. The Hall–Kier alpha value is -1.81. The summed E-state index contributed by atoms with van der Waals surface area (Å²) in [6.07, 6.45) is 2.51. The second kappa shape index (κ2) is 3.16. The predicted molar refractivity (Wildman–Crippen MR) is 49.2 cm³/mol. The molecule has 1 aromatic rings. The van der Waals surface area contributed by atoms with E-state index < -0.39 is 6.29 Å². The van der Waals surface area contributed by atoms with Crippen LogP contribution in [0.25, 0.3) is 6.08 Å². The molecule has 1 aliphatic rings. The Bertz CT molecular complexity index is 409. The minimum absolute atomic E-state index is 0.0941. The lowest BCUT2D eigenvalue weighted by Gasteiger charge is -2.18. The molecule has 0 amide bonds. The summed E-state index contributed by atoms with van der Waals surface area (Å²) < 4.78 is 5.03. The lowest BCUT2D eigenvalue weighted by Crippen LogP contribution is -2.16. The van der Waals surface area contributed by atoms with E-state index in [-0.39, 0.29) is 11.3 Å². The number of hydrogen-bond acceptors (Lipinski definition) is 4. The molecule has 1 unspecified atom stereocenters. The molecule has 4 heteroatoms. The summed E-state index contributed by atoms with van der Waals surface area (Å²) in [6, 6.07) is 2.86. The molecule has 14 heavy (non-hydrogen) atoms. The van der Waals surface area contributed by atoms with Crippen molar-refractivity contribution in [3.05, 3.63) is 29.3 Å². The first-order chi connectivity index (χ1) is 6.72. The molecule has 0 saturated carbocycles. The number of aromatic hydroxyl groups is 1. The van der Waals surface area contributed by atoms with Crippen molar-refractivity contribution in [2.75, 3.05) is 0 Å². The van der Waals surface area contributed by atoms with Crippen molar-refractivity contribution in [1.82, 2.24) is 0 Å². The van der Waals surface area contributed by atoms with Crippen molar-refractivity contribution >= 4 is 12.4 Å². The molecule has 0 saturated heterocycles. The van der Waals surface area contributed by atoms with Crippen molar-refractivity contribution < 1.29 is 19.7 Å². The molecule has 2 N–H and O–H groups in total. The van der Waals surface area contributed by atoms with Gasteiger partial charge in [-0.25, -0.2) is 0 Å². The predicted octanol–water partition coefficient (Wildman–Crippen LogP) is 0.929. The van der Waals surface area contributed by atoms with Crippen LogP contribution in [-0.4, -0.2) is 22.8 Å². The molecule has 0 spiro atoms. The molecule has 0 radical (unpaired) electrons. The topological polar surface area (TPSA) is 66.8 Å². The first kappa shape index (κ1) is 8.77. The molecule has 72 valence electrons. The Morgan fingerprint density at radius 1 is 1.43 bits per heavy atom. The Morgan fingerprint density at radius 3 is 2.93 bits per heavy atom. The van der Waals surface area contributed by atoms with E-state index in [1.165, 1.54) is 18.2 Å². The van der Waals surface area contributed by atoms with Crippen LogP contribution < -0.4 is 4.74 Å². The maximum Gasteiger partial charge on any atom is 0.217 e. The quantitative estimate of drug-likeness (QED) is 0.649. The van der Waals surface area contributed by atoms with Crippen molar-refractivity contribution in [1.29, 1.82) is 0 Å². The van der Waals surface area contributed by atoms with Gasteiger partial charge in [0.15, 0.2) is 6.29 Å². The van der Waals surface area contributed by atoms with E-state index in [1.54, 1.807) is 6.08 Å². The highest BCUT2D eigenvalue weighted by molar-refractivity contribution is 5.88. The number of aldehydes is 1. The van der Waals surface area contributed by atoms with Gasteiger partial charge in [0, 0.05) is 5.56 Å². The Kier molecular flexibility index (Phi) is 1.98. The van der Waals surface area contributed by atoms with E-state index in [1.807, 2.05) is 0 Å². The number of aliphatic hydroxyl groups excluding tert-OH is 1. The SMILES string of the molecule is O=Cc1c(O)ccc2c1C=CC(O)O2. The summed E-state index contributed by atoms with van der Waals surface area (Å²) >= 11 is 0. The summed E-state index contributed by atoms with van der Waals surface area (Å²) in [5, 5.41) is 18.5. The van der Waals surface area contributed by atoms with Crippen LogP contribution in [0.4, 0.5) is 0 Å². The lowest BCUT2D eigenvalue weighted by atomic mass is 10.0. The number of ether oxygens (including phenoxy) is 1. The molecule has 1 aliphatic heterocycles. The standard InChI is InChI=1S/C10H8O4/c11-5-7-6-1-4-10(13)14-9(6)3-2-8(7)12/h1-5,10,12-13H. The zero-order chi connectivity index (χ0) is 10.1. The van der Waals surface area contributed by atoms with Gasteiger partial charge in [-0.05, 0) is 24.3 Å². The molecule has 2 rings (SSSR count). The van der Waals surface area contributed by atoms with Crippen LogP contribution in [0.3, 0.4) is 0 Å². The molecule has 1 heterocycles. The third-order valence-corrected chi connectivity index (χ3v) is 2.02. The second-order valence-corrected chi connectivity index (χ2v) is 2.90. The van der Waals surface area contributed by atoms with Gasteiger partial charge in [-0.1, -0.05) is 0 Å². The zero-order valence-electron chi connectivity index (χ0n) is 7.18. The molecule has 0 aliphatic carbocycles. The molecule has 1 atom stereocenters. The van der Waals surface area contributed by atoms with Gasteiger partial charge in [-0.3, -0.25) is 4.79 Å². The smallest absolute Gasteiger partial charge is 0.217 e. The van der Waals surface area contributed by atoms with Gasteiger partial charge in [0.2, 0.25) is 6.29 Å². The van der Waals surface area contributed by atoms with Gasteiger partial charge in [0.1, 0.15) is 11.5 Å². The monoisotopic (exact) mass is 192 g/mol. The molecule has 0 bridgehead atoms. The van der Waals surface area contributed by atoms with E-state index in [4.69, 9.17) is 9.84 Å². The van der Waals surface area contributed by atoms with Crippen LogP contribution in [0.15, 0.2) is 18.2 Å². The average molecular weight is 192 g/mol. The Labute approximate surface area is 80.1 Å². The van der Waals surface area contributed by atoms with Crippen molar-refractivity contribution in [3.8, 4) is 11.5 Å². The Balaban J connectivity index is 2.61. The highest BCUT2D eigenvalue weighted by Gasteiger charge is 2.17. The highest BCUT2D eigenvalue weighted by atomic mass is 16.6. The summed E-state index contributed by atoms with van der Waals surface area (Å²) in [4.78, 5) is 10.7.